The molecule has 3 N–H and O–H groups in total. The average Bonchev–Trinajstić information content (AvgIpc) is 3.32. The number of nitrogens with two attached hydrogens (primary N) is 1. The van der Waals surface area contributed by atoms with E-state index in [1.54, 1.807) is 0 Å². The largest absolute Gasteiger partial charge is 0.493 e. The lowest BCUT2D eigenvalue weighted by atomic mass is 10.1. The molecular formula is C23H26ClN3O6. The summed E-state index contributed by atoms with van der Waals surface area (Å²) in [5.41, 5.74) is 7.82. The maximum atomic E-state index is 12.4. The van der Waals surface area contributed by atoms with Gasteiger partial charge < -0.3 is 30.2 Å². The van der Waals surface area contributed by atoms with E-state index in [1.807, 2.05) is 25.1 Å². The number of carbonyl (C=O) groups excluding carboxylic acids is 3. The number of hydrogen-bond donors (Lipinski definition) is 2. The first kappa shape index (κ1) is 24.2. The van der Waals surface area contributed by atoms with Gasteiger partial charge in [-0.2, -0.15) is 0 Å². The van der Waals surface area contributed by atoms with E-state index >= 15 is 0 Å². The zero-order valence-corrected chi connectivity index (χ0v) is 19.2. The third-order valence-corrected chi connectivity index (χ3v) is 5.39. The van der Waals surface area contributed by atoms with Gasteiger partial charge in [-0.05, 0) is 55.7 Å². The number of carbonyl (C=O) groups is 3. The summed E-state index contributed by atoms with van der Waals surface area (Å²) < 4.78 is 15.5. The summed E-state index contributed by atoms with van der Waals surface area (Å²) in [7, 11) is 1.35. The smallest absolute Gasteiger partial charge is 0.338 e. The molecule has 33 heavy (non-hydrogen) atoms. The molecule has 0 unspecified atom stereocenters. The van der Waals surface area contributed by atoms with Crippen LogP contribution in [-0.2, 0) is 14.3 Å². The molecule has 3 rings (SSSR count). The number of halogens is 1. The standard InChI is InChI=1S/C23H26ClN3O6/c1-14-9-16(27-7-3-4-8-27)5-6-18(14)26-21(29)13-33-23(30)15-10-17(24)22(19(11-15)31-2)32-12-20(25)28/h5-6,9-11H,3-4,7-8,12-13H2,1-2H3,(H2,25,28)(H,26,29). The molecule has 0 atom stereocenters. The number of ether oxygens (including phenoxy) is 3. The van der Waals surface area contributed by atoms with Gasteiger partial charge in [0.15, 0.2) is 24.7 Å². The van der Waals surface area contributed by atoms with Crippen LogP contribution in [0.3, 0.4) is 0 Å². The molecule has 2 amide bonds. The van der Waals surface area contributed by atoms with Crippen LogP contribution in [0.5, 0.6) is 11.5 Å². The van der Waals surface area contributed by atoms with Crippen molar-refractivity contribution in [2.24, 2.45) is 5.73 Å². The van der Waals surface area contributed by atoms with Crippen molar-refractivity contribution in [1.29, 1.82) is 0 Å². The van der Waals surface area contributed by atoms with Crippen molar-refractivity contribution >= 4 is 40.8 Å². The summed E-state index contributed by atoms with van der Waals surface area (Å²) in [6, 6.07) is 8.48. The third kappa shape index (κ3) is 6.29. The van der Waals surface area contributed by atoms with Gasteiger partial charge in [-0.25, -0.2) is 4.79 Å². The average molecular weight is 476 g/mol. The first-order chi connectivity index (χ1) is 15.8. The fraction of sp³-hybridized carbons (Fsp3) is 0.348. The molecule has 2 aromatic carbocycles. The van der Waals surface area contributed by atoms with E-state index in [-0.39, 0.29) is 22.1 Å². The summed E-state index contributed by atoms with van der Waals surface area (Å²) in [4.78, 5) is 38.0. The van der Waals surface area contributed by atoms with Gasteiger partial charge in [-0.15, -0.1) is 0 Å². The highest BCUT2D eigenvalue weighted by Gasteiger charge is 2.19. The fourth-order valence-corrected chi connectivity index (χ4v) is 3.75. The predicted octanol–water partition coefficient (Wildman–Crippen LogP) is 2.92. The van der Waals surface area contributed by atoms with Crippen molar-refractivity contribution in [1.82, 2.24) is 0 Å². The van der Waals surface area contributed by atoms with Crippen LogP contribution in [0.25, 0.3) is 0 Å². The Kier molecular flexibility index (Phi) is 8.00. The summed E-state index contributed by atoms with van der Waals surface area (Å²) in [5, 5.41) is 2.78. The van der Waals surface area contributed by atoms with Crippen molar-refractivity contribution in [3.05, 3.63) is 46.5 Å². The minimum absolute atomic E-state index is 0.0284. The monoisotopic (exact) mass is 475 g/mol. The van der Waals surface area contributed by atoms with Crippen LogP contribution in [0.4, 0.5) is 11.4 Å². The molecule has 0 radical (unpaired) electrons. The van der Waals surface area contributed by atoms with Gasteiger partial charge in [0.2, 0.25) is 0 Å². The van der Waals surface area contributed by atoms with E-state index in [0.717, 1.165) is 24.3 Å². The van der Waals surface area contributed by atoms with Gasteiger partial charge in [-0.3, -0.25) is 9.59 Å². The molecule has 2 aromatic rings. The van der Waals surface area contributed by atoms with Crippen molar-refractivity contribution < 1.29 is 28.6 Å². The zero-order valence-electron chi connectivity index (χ0n) is 18.5. The van der Waals surface area contributed by atoms with Crippen LogP contribution in [-0.4, -0.2) is 51.2 Å². The summed E-state index contributed by atoms with van der Waals surface area (Å²) >= 11 is 6.14. The number of primary amides is 1. The molecule has 0 bridgehead atoms. The van der Waals surface area contributed by atoms with Gasteiger partial charge in [0.1, 0.15) is 0 Å². The van der Waals surface area contributed by atoms with Crippen LogP contribution in [0.15, 0.2) is 30.3 Å². The topological polar surface area (TPSA) is 120 Å². The molecule has 0 aromatic heterocycles. The molecule has 0 saturated carbocycles. The summed E-state index contributed by atoms with van der Waals surface area (Å²) in [6.07, 6.45) is 2.37. The highest BCUT2D eigenvalue weighted by atomic mass is 35.5. The Morgan fingerprint density at radius 3 is 2.48 bits per heavy atom. The van der Waals surface area contributed by atoms with Crippen molar-refractivity contribution in [3.63, 3.8) is 0 Å². The number of anilines is 2. The normalized spacial score (nSPS) is 12.9. The van der Waals surface area contributed by atoms with E-state index in [4.69, 9.17) is 31.5 Å². The molecular weight excluding hydrogens is 450 g/mol. The Hall–Kier alpha value is -3.46. The van der Waals surface area contributed by atoms with Gasteiger partial charge in [0.05, 0.1) is 17.7 Å². The molecule has 176 valence electrons. The van der Waals surface area contributed by atoms with Crippen LogP contribution in [0.1, 0.15) is 28.8 Å². The molecule has 1 saturated heterocycles. The van der Waals surface area contributed by atoms with Crippen molar-refractivity contribution in [2.45, 2.75) is 19.8 Å². The molecule has 0 spiro atoms. The lowest BCUT2D eigenvalue weighted by Gasteiger charge is -2.19. The second-order valence-corrected chi connectivity index (χ2v) is 7.97. The molecule has 1 aliphatic rings. The quantitative estimate of drug-likeness (QED) is 0.535. The molecule has 1 heterocycles. The van der Waals surface area contributed by atoms with E-state index in [1.165, 1.54) is 32.1 Å². The van der Waals surface area contributed by atoms with Crippen molar-refractivity contribution in [3.8, 4) is 11.5 Å². The number of benzene rings is 2. The number of rotatable bonds is 9. The second kappa shape index (κ2) is 10.9. The van der Waals surface area contributed by atoms with Crippen LogP contribution in [0.2, 0.25) is 5.02 Å². The van der Waals surface area contributed by atoms with Crippen LogP contribution in [0, 0.1) is 6.92 Å². The van der Waals surface area contributed by atoms with E-state index < -0.39 is 31.0 Å². The number of amides is 2. The summed E-state index contributed by atoms with van der Waals surface area (Å²) in [5.74, 6) is -1.75. The van der Waals surface area contributed by atoms with Gasteiger partial charge in [0, 0.05) is 24.5 Å². The molecule has 0 aliphatic carbocycles. The molecule has 10 heteroatoms. The number of nitrogens with zero attached hydrogens (tertiary/aromatic N) is 1. The van der Waals surface area contributed by atoms with Gasteiger partial charge >= 0.3 is 5.97 Å². The maximum Gasteiger partial charge on any atom is 0.338 e. The zero-order chi connectivity index (χ0) is 24.0. The lowest BCUT2D eigenvalue weighted by molar-refractivity contribution is -0.120. The molecule has 1 fully saturated rings. The number of methoxy groups -OCH3 is 1. The number of esters is 1. The van der Waals surface area contributed by atoms with E-state index in [0.29, 0.717) is 5.69 Å². The molecule has 1 aliphatic heterocycles. The van der Waals surface area contributed by atoms with Crippen LogP contribution >= 0.6 is 11.6 Å². The third-order valence-electron chi connectivity index (χ3n) is 5.11. The minimum Gasteiger partial charge on any atom is -0.493 e. The lowest BCUT2D eigenvalue weighted by Crippen LogP contribution is -2.22. The van der Waals surface area contributed by atoms with Gasteiger partial charge in [-0.1, -0.05) is 11.6 Å². The number of hydrogen-bond acceptors (Lipinski definition) is 7. The first-order valence-corrected chi connectivity index (χ1v) is 10.8. The Morgan fingerprint density at radius 1 is 1.12 bits per heavy atom. The fourth-order valence-electron chi connectivity index (χ4n) is 3.48. The second-order valence-electron chi connectivity index (χ2n) is 7.56. The van der Waals surface area contributed by atoms with Gasteiger partial charge in [0.25, 0.3) is 11.8 Å². The van der Waals surface area contributed by atoms with E-state index in [9.17, 15) is 14.4 Å². The minimum atomic E-state index is -0.770. The van der Waals surface area contributed by atoms with Crippen LogP contribution < -0.4 is 25.4 Å². The highest BCUT2D eigenvalue weighted by molar-refractivity contribution is 6.32. The Morgan fingerprint density at radius 2 is 1.85 bits per heavy atom. The van der Waals surface area contributed by atoms with E-state index in [2.05, 4.69) is 10.2 Å². The summed E-state index contributed by atoms with van der Waals surface area (Å²) in [6.45, 7) is 3.10. The number of aryl methyl sites for hydroxylation is 1. The van der Waals surface area contributed by atoms with Crippen molar-refractivity contribution in [2.75, 3.05) is 43.6 Å². The SMILES string of the molecule is COc1cc(C(=O)OCC(=O)Nc2ccc(N3CCCC3)cc2C)cc(Cl)c1OCC(N)=O. The Labute approximate surface area is 196 Å². The first-order valence-electron chi connectivity index (χ1n) is 10.4. The Balaban J connectivity index is 1.59. The maximum absolute atomic E-state index is 12.4. The molecule has 9 nitrogen and oxygen atoms in total. The Bertz CT molecular complexity index is 1050. The predicted molar refractivity (Wildman–Crippen MR) is 124 cm³/mol. The highest BCUT2D eigenvalue weighted by Crippen LogP contribution is 2.36. The number of nitrogens with one attached hydrogen (secondary N) is 1.